The van der Waals surface area contributed by atoms with Gasteiger partial charge in [0.2, 0.25) is 0 Å². The van der Waals surface area contributed by atoms with Gasteiger partial charge in [0.05, 0.1) is 11.5 Å². The van der Waals surface area contributed by atoms with Crippen molar-refractivity contribution in [2.24, 2.45) is 0 Å². The summed E-state index contributed by atoms with van der Waals surface area (Å²) in [5.41, 5.74) is 1.25. The molecule has 0 amide bonds. The van der Waals surface area contributed by atoms with Crippen LogP contribution in [0.1, 0.15) is 16.9 Å². The van der Waals surface area contributed by atoms with Crippen molar-refractivity contribution in [1.29, 1.82) is 0 Å². The van der Waals surface area contributed by atoms with Gasteiger partial charge in [0.1, 0.15) is 5.76 Å². The number of hydrogen-bond donors (Lipinski definition) is 1. The monoisotopic (exact) mass is 296 g/mol. The summed E-state index contributed by atoms with van der Waals surface area (Å²) < 4.78 is 37.2. The van der Waals surface area contributed by atoms with E-state index in [1.54, 1.807) is 32.0 Å². The molecule has 0 atom stereocenters. The first-order chi connectivity index (χ1) is 9.45. The Bertz CT molecular complexity index is 707. The van der Waals surface area contributed by atoms with Gasteiger partial charge in [-0.05, 0) is 25.5 Å². The normalized spacial score (nSPS) is 11.6. The molecule has 1 aromatic carbocycles. The number of nitrogens with zero attached hydrogens (tertiary/aromatic N) is 1. The summed E-state index contributed by atoms with van der Waals surface area (Å²) >= 11 is 0. The van der Waals surface area contributed by atoms with Crippen LogP contribution in [-0.4, -0.2) is 20.7 Å². The Morgan fingerprint density at radius 1 is 1.30 bits per heavy atom. The highest BCUT2D eigenvalue weighted by Crippen LogP contribution is 2.23. The standard InChI is InChI=1S/C13H16N2O4S/c1-9-10(2)19-14-13(9)15-20(16,17)12-7-5-4-6-11(12)8-18-3/h4-7H,8H2,1-3H3,(H,14,15). The van der Waals surface area contributed by atoms with Crippen molar-refractivity contribution in [2.45, 2.75) is 25.3 Å². The molecule has 6 nitrogen and oxygen atoms in total. The summed E-state index contributed by atoms with van der Waals surface area (Å²) in [5.74, 6) is 0.780. The highest BCUT2D eigenvalue weighted by Gasteiger charge is 2.21. The second-order valence-corrected chi connectivity index (χ2v) is 6.01. The number of methoxy groups -OCH3 is 1. The minimum atomic E-state index is -3.73. The van der Waals surface area contributed by atoms with Crippen LogP contribution in [0.2, 0.25) is 0 Å². The summed E-state index contributed by atoms with van der Waals surface area (Å²) in [6.07, 6.45) is 0. The summed E-state index contributed by atoms with van der Waals surface area (Å²) in [6, 6.07) is 6.66. The first kappa shape index (κ1) is 14.5. The molecular weight excluding hydrogens is 280 g/mol. The third kappa shape index (κ3) is 2.83. The van der Waals surface area contributed by atoms with Crippen LogP contribution < -0.4 is 4.72 Å². The van der Waals surface area contributed by atoms with Crippen molar-refractivity contribution in [2.75, 3.05) is 11.8 Å². The summed E-state index contributed by atoms with van der Waals surface area (Å²) in [7, 11) is -2.21. The zero-order chi connectivity index (χ0) is 14.8. The SMILES string of the molecule is COCc1ccccc1S(=O)(=O)Nc1noc(C)c1C. The predicted octanol–water partition coefficient (Wildman–Crippen LogP) is 2.24. The van der Waals surface area contributed by atoms with E-state index in [0.717, 1.165) is 0 Å². The van der Waals surface area contributed by atoms with Gasteiger partial charge in [-0.15, -0.1) is 0 Å². The maximum Gasteiger partial charge on any atom is 0.263 e. The number of benzene rings is 1. The van der Waals surface area contributed by atoms with Crippen LogP contribution in [0.3, 0.4) is 0 Å². The number of rotatable bonds is 5. The fourth-order valence-corrected chi connectivity index (χ4v) is 3.02. The van der Waals surface area contributed by atoms with E-state index in [2.05, 4.69) is 9.88 Å². The van der Waals surface area contributed by atoms with E-state index in [1.165, 1.54) is 13.2 Å². The zero-order valence-electron chi connectivity index (χ0n) is 11.5. The third-order valence-electron chi connectivity index (χ3n) is 2.95. The maximum atomic E-state index is 12.4. The molecule has 2 rings (SSSR count). The highest BCUT2D eigenvalue weighted by molar-refractivity contribution is 7.92. The molecule has 0 saturated carbocycles. The molecule has 0 unspecified atom stereocenters. The molecule has 1 heterocycles. The van der Waals surface area contributed by atoms with Crippen LogP contribution in [-0.2, 0) is 21.4 Å². The van der Waals surface area contributed by atoms with Gasteiger partial charge in [0, 0.05) is 12.7 Å². The van der Waals surface area contributed by atoms with E-state index in [9.17, 15) is 8.42 Å². The molecule has 0 spiro atoms. The van der Waals surface area contributed by atoms with Crippen LogP contribution in [0.25, 0.3) is 0 Å². The average molecular weight is 296 g/mol. The number of nitrogens with one attached hydrogen (secondary N) is 1. The number of anilines is 1. The van der Waals surface area contributed by atoms with Crippen molar-refractivity contribution in [3.05, 3.63) is 41.2 Å². The largest absolute Gasteiger partial charge is 0.380 e. The van der Waals surface area contributed by atoms with E-state index < -0.39 is 10.0 Å². The van der Waals surface area contributed by atoms with Gasteiger partial charge in [-0.25, -0.2) is 8.42 Å². The van der Waals surface area contributed by atoms with Gasteiger partial charge >= 0.3 is 0 Å². The molecule has 1 N–H and O–H groups in total. The van der Waals surface area contributed by atoms with Crippen LogP contribution in [0, 0.1) is 13.8 Å². The van der Waals surface area contributed by atoms with Gasteiger partial charge in [-0.1, -0.05) is 23.4 Å². The van der Waals surface area contributed by atoms with Crippen LogP contribution in [0.15, 0.2) is 33.7 Å². The number of hydrogen-bond acceptors (Lipinski definition) is 5. The quantitative estimate of drug-likeness (QED) is 0.915. The Morgan fingerprint density at radius 2 is 2.00 bits per heavy atom. The second-order valence-electron chi connectivity index (χ2n) is 4.36. The molecule has 0 radical (unpaired) electrons. The lowest BCUT2D eigenvalue weighted by Gasteiger charge is -2.10. The second kappa shape index (κ2) is 5.64. The van der Waals surface area contributed by atoms with Gasteiger partial charge in [-0.3, -0.25) is 4.72 Å². The van der Waals surface area contributed by atoms with Gasteiger partial charge in [-0.2, -0.15) is 0 Å². The molecule has 2 aromatic rings. The van der Waals surface area contributed by atoms with Crippen molar-refractivity contribution in [1.82, 2.24) is 5.16 Å². The summed E-state index contributed by atoms with van der Waals surface area (Å²) in [4.78, 5) is 0.168. The molecular formula is C13H16N2O4S. The number of aromatic nitrogens is 1. The predicted molar refractivity (Wildman–Crippen MR) is 73.9 cm³/mol. The first-order valence-corrected chi connectivity index (χ1v) is 7.46. The molecule has 0 saturated heterocycles. The van der Waals surface area contributed by atoms with Gasteiger partial charge in [0.25, 0.3) is 10.0 Å². The van der Waals surface area contributed by atoms with E-state index in [0.29, 0.717) is 16.9 Å². The Hall–Kier alpha value is -1.86. The third-order valence-corrected chi connectivity index (χ3v) is 4.39. The lowest BCUT2D eigenvalue weighted by atomic mass is 10.2. The highest BCUT2D eigenvalue weighted by atomic mass is 32.2. The summed E-state index contributed by atoms with van der Waals surface area (Å²) in [6.45, 7) is 3.68. The molecule has 1 aromatic heterocycles. The lowest BCUT2D eigenvalue weighted by Crippen LogP contribution is -2.16. The van der Waals surface area contributed by atoms with Crippen molar-refractivity contribution >= 4 is 15.8 Å². The molecule has 7 heteroatoms. The van der Waals surface area contributed by atoms with Crippen molar-refractivity contribution < 1.29 is 17.7 Å². The molecule has 0 fully saturated rings. The molecule has 20 heavy (non-hydrogen) atoms. The molecule has 108 valence electrons. The molecule has 0 aliphatic carbocycles. The summed E-state index contributed by atoms with van der Waals surface area (Å²) in [5, 5.41) is 3.71. The minimum Gasteiger partial charge on any atom is -0.380 e. The topological polar surface area (TPSA) is 81.4 Å². The number of ether oxygens (including phenoxy) is 1. The molecule has 0 aliphatic rings. The molecule has 0 aliphatic heterocycles. The van der Waals surface area contributed by atoms with E-state index >= 15 is 0 Å². The number of sulfonamides is 1. The molecule has 0 bridgehead atoms. The Kier molecular flexibility index (Phi) is 4.10. The van der Waals surface area contributed by atoms with Crippen LogP contribution in [0.4, 0.5) is 5.82 Å². The van der Waals surface area contributed by atoms with Crippen molar-refractivity contribution in [3.63, 3.8) is 0 Å². The minimum absolute atomic E-state index is 0.168. The smallest absolute Gasteiger partial charge is 0.263 e. The zero-order valence-corrected chi connectivity index (χ0v) is 12.3. The van der Waals surface area contributed by atoms with E-state index in [1.807, 2.05) is 0 Å². The van der Waals surface area contributed by atoms with Gasteiger partial charge in [0.15, 0.2) is 5.82 Å². The van der Waals surface area contributed by atoms with E-state index in [4.69, 9.17) is 9.26 Å². The fourth-order valence-electron chi connectivity index (χ4n) is 1.74. The Balaban J connectivity index is 2.38. The van der Waals surface area contributed by atoms with Crippen molar-refractivity contribution in [3.8, 4) is 0 Å². The average Bonchev–Trinajstić information content (AvgIpc) is 2.71. The maximum absolute atomic E-state index is 12.4. The first-order valence-electron chi connectivity index (χ1n) is 5.98. The Morgan fingerprint density at radius 3 is 2.60 bits per heavy atom. The fraction of sp³-hybridized carbons (Fsp3) is 0.308. The Labute approximate surface area is 117 Å². The van der Waals surface area contributed by atoms with Crippen LogP contribution in [0.5, 0.6) is 0 Å². The lowest BCUT2D eigenvalue weighted by molar-refractivity contribution is 0.182. The van der Waals surface area contributed by atoms with E-state index in [-0.39, 0.29) is 17.3 Å². The number of aryl methyl sites for hydroxylation is 1. The van der Waals surface area contributed by atoms with Crippen LogP contribution >= 0.6 is 0 Å². The van der Waals surface area contributed by atoms with Gasteiger partial charge < -0.3 is 9.26 Å².